The molecule has 0 aliphatic carbocycles. The Bertz CT molecular complexity index is 750. The van der Waals surface area contributed by atoms with E-state index in [1.165, 1.54) is 48.6 Å². The van der Waals surface area contributed by atoms with Crippen molar-refractivity contribution in [1.82, 2.24) is 13.5 Å². The molecule has 1 aromatic carbocycles. The minimum atomic E-state index is -3.52. The monoisotopic (exact) mass is 393 g/mol. The Hall–Kier alpha value is -1.98. The van der Waals surface area contributed by atoms with Crippen LogP contribution in [0.2, 0.25) is 0 Å². The summed E-state index contributed by atoms with van der Waals surface area (Å²) in [5.74, 6) is -0.486. The highest BCUT2D eigenvalue weighted by Gasteiger charge is 2.30. The molecule has 1 fully saturated rings. The Balaban J connectivity index is 2.09. The molecule has 0 aromatic heterocycles. The molecule has 0 unspecified atom stereocenters. The van der Waals surface area contributed by atoms with Crippen molar-refractivity contribution in [1.29, 1.82) is 0 Å². The van der Waals surface area contributed by atoms with Gasteiger partial charge in [-0.2, -0.15) is 25.8 Å². The van der Waals surface area contributed by atoms with Crippen LogP contribution in [0, 0.1) is 0 Å². The number of amides is 1. The van der Waals surface area contributed by atoms with Crippen LogP contribution >= 0.6 is 0 Å². The first-order chi connectivity index (χ1) is 12.2. The molecule has 0 N–H and O–H groups in total. The van der Waals surface area contributed by atoms with Gasteiger partial charge in [-0.15, -0.1) is 0 Å². The number of ether oxygens (including phenoxy) is 2. The van der Waals surface area contributed by atoms with E-state index in [0.717, 1.165) is 4.31 Å². The third-order valence-electron chi connectivity index (χ3n) is 3.94. The number of methoxy groups -OCH3 is 1. The Labute approximate surface area is 151 Å². The Morgan fingerprint density at radius 2 is 1.77 bits per heavy atom. The highest BCUT2D eigenvalue weighted by molar-refractivity contribution is 7.86. The van der Waals surface area contributed by atoms with E-state index in [9.17, 15) is 22.0 Å². The van der Waals surface area contributed by atoms with Gasteiger partial charge in [0.1, 0.15) is 0 Å². The molecule has 8 nitrogen and oxygen atoms in total. The first-order valence-electron chi connectivity index (χ1n) is 7.76. The highest BCUT2D eigenvalue weighted by atomic mass is 32.2. The molecule has 146 valence electrons. The van der Waals surface area contributed by atoms with Gasteiger partial charge in [-0.1, -0.05) is 0 Å². The number of carbonyl (C=O) groups is 1. The lowest BCUT2D eigenvalue weighted by Crippen LogP contribution is -2.53. The number of carbonyl (C=O) groups excluding carboxylic acids is 1. The fraction of sp³-hybridized carbons (Fsp3) is 0.533. The standard InChI is InChI=1S/C15H21F2N3O5S/c1-18(2)26(22,23)20-8-6-19(7-9-20)14(21)11-4-5-12(25-15(16)17)13(10-11)24-3/h4-5,10,15H,6-9H2,1-3H3. The van der Waals surface area contributed by atoms with Crippen molar-refractivity contribution in [3.8, 4) is 11.5 Å². The fourth-order valence-electron chi connectivity index (χ4n) is 2.53. The summed E-state index contributed by atoms with van der Waals surface area (Å²) in [5, 5.41) is 0. The summed E-state index contributed by atoms with van der Waals surface area (Å²) in [6.45, 7) is -2.20. The molecule has 26 heavy (non-hydrogen) atoms. The maximum absolute atomic E-state index is 12.6. The van der Waals surface area contributed by atoms with Crippen molar-refractivity contribution in [2.45, 2.75) is 6.61 Å². The SMILES string of the molecule is COc1cc(C(=O)N2CCN(S(=O)(=O)N(C)C)CC2)ccc1OC(F)F. The quantitative estimate of drug-likeness (QED) is 0.716. The number of halogens is 2. The summed E-state index contributed by atoms with van der Waals surface area (Å²) in [6.07, 6.45) is 0. The molecule has 0 bridgehead atoms. The van der Waals surface area contributed by atoms with E-state index in [4.69, 9.17) is 4.74 Å². The summed E-state index contributed by atoms with van der Waals surface area (Å²) < 4.78 is 60.7. The maximum Gasteiger partial charge on any atom is 0.387 e. The molecule has 0 spiro atoms. The second-order valence-electron chi connectivity index (χ2n) is 5.73. The van der Waals surface area contributed by atoms with E-state index in [1.807, 2.05) is 0 Å². The van der Waals surface area contributed by atoms with E-state index >= 15 is 0 Å². The van der Waals surface area contributed by atoms with Gasteiger partial charge in [0, 0.05) is 45.8 Å². The summed E-state index contributed by atoms with van der Waals surface area (Å²) in [4.78, 5) is 14.1. The van der Waals surface area contributed by atoms with Gasteiger partial charge in [-0.05, 0) is 18.2 Å². The first-order valence-corrected chi connectivity index (χ1v) is 9.16. The lowest BCUT2D eigenvalue weighted by Gasteiger charge is -2.35. The molecule has 1 aliphatic heterocycles. The number of benzene rings is 1. The second-order valence-corrected chi connectivity index (χ2v) is 7.87. The van der Waals surface area contributed by atoms with Crippen LogP contribution in [0.3, 0.4) is 0 Å². The van der Waals surface area contributed by atoms with Gasteiger partial charge in [0.25, 0.3) is 16.1 Å². The van der Waals surface area contributed by atoms with Crippen LogP contribution in [0.1, 0.15) is 10.4 Å². The number of piperazine rings is 1. The predicted octanol–water partition coefficient (Wildman–Crippen LogP) is 0.861. The first kappa shape index (κ1) is 20.3. The van der Waals surface area contributed by atoms with E-state index in [2.05, 4.69) is 4.74 Å². The lowest BCUT2D eigenvalue weighted by atomic mass is 10.1. The highest BCUT2D eigenvalue weighted by Crippen LogP contribution is 2.30. The molecule has 1 amide bonds. The minimum absolute atomic E-state index is 0.0185. The Morgan fingerprint density at radius 3 is 2.27 bits per heavy atom. The van der Waals surface area contributed by atoms with Gasteiger partial charge in [-0.25, -0.2) is 0 Å². The molecule has 1 heterocycles. The molecule has 1 saturated heterocycles. The average molecular weight is 393 g/mol. The molecule has 11 heteroatoms. The minimum Gasteiger partial charge on any atom is -0.493 e. The molecule has 2 rings (SSSR count). The summed E-state index contributed by atoms with van der Waals surface area (Å²) >= 11 is 0. The third kappa shape index (κ3) is 4.40. The van der Waals surface area contributed by atoms with E-state index in [1.54, 1.807) is 0 Å². The number of hydrogen-bond acceptors (Lipinski definition) is 5. The average Bonchev–Trinajstić information content (AvgIpc) is 2.61. The van der Waals surface area contributed by atoms with Crippen LogP contribution in [0.15, 0.2) is 18.2 Å². The molecular weight excluding hydrogens is 372 g/mol. The number of nitrogens with zero attached hydrogens (tertiary/aromatic N) is 3. The van der Waals surface area contributed by atoms with Crippen LogP contribution < -0.4 is 9.47 Å². The predicted molar refractivity (Wildman–Crippen MR) is 89.7 cm³/mol. The van der Waals surface area contributed by atoms with Gasteiger partial charge < -0.3 is 14.4 Å². The molecule has 0 radical (unpaired) electrons. The van der Waals surface area contributed by atoms with E-state index in [0.29, 0.717) is 0 Å². The third-order valence-corrected chi connectivity index (χ3v) is 5.88. The van der Waals surface area contributed by atoms with Crippen molar-refractivity contribution < 1.29 is 31.5 Å². The molecule has 1 aliphatic rings. The van der Waals surface area contributed by atoms with Gasteiger partial charge in [0.15, 0.2) is 11.5 Å². The molecule has 0 saturated carbocycles. The van der Waals surface area contributed by atoms with Crippen LogP contribution in [0.5, 0.6) is 11.5 Å². The van der Waals surface area contributed by atoms with Crippen molar-refractivity contribution >= 4 is 16.1 Å². The van der Waals surface area contributed by atoms with Crippen LogP contribution in [-0.4, -0.2) is 81.8 Å². The van der Waals surface area contributed by atoms with Crippen LogP contribution in [0.4, 0.5) is 8.78 Å². The topological polar surface area (TPSA) is 79.4 Å². The van der Waals surface area contributed by atoms with Gasteiger partial charge in [0.05, 0.1) is 7.11 Å². The Morgan fingerprint density at radius 1 is 1.15 bits per heavy atom. The normalized spacial score (nSPS) is 16.2. The zero-order valence-corrected chi connectivity index (χ0v) is 15.5. The maximum atomic E-state index is 12.6. The van der Waals surface area contributed by atoms with Gasteiger partial charge in [0.2, 0.25) is 0 Å². The second kappa shape index (κ2) is 8.14. The number of alkyl halides is 2. The fourth-order valence-corrected chi connectivity index (χ4v) is 3.62. The number of rotatable bonds is 6. The van der Waals surface area contributed by atoms with Crippen molar-refractivity contribution in [3.63, 3.8) is 0 Å². The smallest absolute Gasteiger partial charge is 0.387 e. The molecule has 0 atom stereocenters. The van der Waals surface area contributed by atoms with E-state index in [-0.39, 0.29) is 49.1 Å². The van der Waals surface area contributed by atoms with Crippen molar-refractivity contribution in [3.05, 3.63) is 23.8 Å². The zero-order chi connectivity index (χ0) is 19.5. The molecule has 1 aromatic rings. The zero-order valence-electron chi connectivity index (χ0n) is 14.7. The van der Waals surface area contributed by atoms with E-state index < -0.39 is 16.8 Å². The number of hydrogen-bond donors (Lipinski definition) is 0. The van der Waals surface area contributed by atoms with Crippen molar-refractivity contribution in [2.24, 2.45) is 0 Å². The summed E-state index contributed by atoms with van der Waals surface area (Å²) in [7, 11) is 0.657. The largest absolute Gasteiger partial charge is 0.493 e. The van der Waals surface area contributed by atoms with Crippen LogP contribution in [0.25, 0.3) is 0 Å². The molecular formula is C15H21F2N3O5S. The Kier molecular flexibility index (Phi) is 6.37. The van der Waals surface area contributed by atoms with Crippen molar-refractivity contribution in [2.75, 3.05) is 47.4 Å². The van der Waals surface area contributed by atoms with Gasteiger partial charge >= 0.3 is 6.61 Å². The lowest BCUT2D eigenvalue weighted by molar-refractivity contribution is -0.0512. The van der Waals surface area contributed by atoms with Crippen LogP contribution in [-0.2, 0) is 10.2 Å². The summed E-state index contributed by atoms with van der Waals surface area (Å²) in [6, 6.07) is 3.93. The van der Waals surface area contributed by atoms with Gasteiger partial charge in [-0.3, -0.25) is 4.79 Å². The summed E-state index contributed by atoms with van der Waals surface area (Å²) in [5.41, 5.74) is 0.243.